The van der Waals surface area contributed by atoms with Crippen molar-refractivity contribution >= 4 is 26.7 Å². The van der Waals surface area contributed by atoms with Crippen molar-refractivity contribution < 1.29 is 13.2 Å². The van der Waals surface area contributed by atoms with Gasteiger partial charge < -0.3 is 14.2 Å². The van der Waals surface area contributed by atoms with Crippen molar-refractivity contribution in [3.8, 4) is 5.75 Å². The zero-order valence-corrected chi connectivity index (χ0v) is 24.2. The second-order valence-corrected chi connectivity index (χ2v) is 12.4. The molecule has 1 fully saturated rings. The molecule has 0 amide bonds. The topological polar surface area (TPSA) is 67.7 Å². The van der Waals surface area contributed by atoms with Crippen molar-refractivity contribution in [2.24, 2.45) is 0 Å². The van der Waals surface area contributed by atoms with E-state index in [0.717, 1.165) is 33.9 Å². The molecule has 0 radical (unpaired) electrons. The molecule has 5 aromatic rings. The zero-order valence-electron chi connectivity index (χ0n) is 23.3. The highest BCUT2D eigenvalue weighted by Crippen LogP contribution is 2.30. The van der Waals surface area contributed by atoms with Crippen LogP contribution in [0.1, 0.15) is 30.0 Å². The van der Waals surface area contributed by atoms with Crippen molar-refractivity contribution in [2.75, 3.05) is 31.1 Å². The lowest BCUT2D eigenvalue weighted by molar-refractivity contribution is 0.212. The van der Waals surface area contributed by atoms with Crippen LogP contribution in [0.2, 0.25) is 0 Å². The minimum atomic E-state index is -3.53. The van der Waals surface area contributed by atoms with E-state index in [-0.39, 0.29) is 6.10 Å². The van der Waals surface area contributed by atoms with Gasteiger partial charge in [0.15, 0.2) is 11.9 Å². The maximum Gasteiger partial charge on any atom is 0.243 e. The van der Waals surface area contributed by atoms with Crippen molar-refractivity contribution in [1.29, 1.82) is 0 Å². The van der Waals surface area contributed by atoms with Crippen LogP contribution in [-0.4, -0.2) is 48.5 Å². The number of nitrogens with zero attached hydrogens (tertiary/aromatic N) is 4. The Balaban J connectivity index is 1.28. The van der Waals surface area contributed by atoms with Gasteiger partial charge in [0.25, 0.3) is 0 Å². The Labute approximate surface area is 241 Å². The number of imidazole rings is 1. The van der Waals surface area contributed by atoms with Crippen LogP contribution in [0.15, 0.2) is 108 Å². The SMILES string of the molecule is Cc1ccccc1S(=O)(=O)N1CCN(c2ccc3nc(C(C)Oc4ccccc4)n(Cc4ccccc4)c3c2)CC1. The number of para-hydroxylation sites is 1. The molecule has 1 aliphatic rings. The summed E-state index contributed by atoms with van der Waals surface area (Å²) in [5.41, 5.74) is 4.94. The van der Waals surface area contributed by atoms with Gasteiger partial charge in [-0.15, -0.1) is 0 Å². The fraction of sp³-hybridized carbons (Fsp3) is 0.242. The summed E-state index contributed by atoms with van der Waals surface area (Å²) in [6.07, 6.45) is -0.257. The molecule has 6 rings (SSSR count). The molecule has 8 heteroatoms. The van der Waals surface area contributed by atoms with Gasteiger partial charge >= 0.3 is 0 Å². The van der Waals surface area contributed by atoms with Gasteiger partial charge in [-0.05, 0) is 61.4 Å². The number of benzene rings is 4. The Morgan fingerprint density at radius 3 is 2.20 bits per heavy atom. The molecule has 0 N–H and O–H groups in total. The van der Waals surface area contributed by atoms with Crippen molar-refractivity contribution in [1.82, 2.24) is 13.9 Å². The van der Waals surface area contributed by atoms with Gasteiger partial charge in [-0.3, -0.25) is 0 Å². The largest absolute Gasteiger partial charge is 0.483 e. The van der Waals surface area contributed by atoms with E-state index in [2.05, 4.69) is 39.8 Å². The lowest BCUT2D eigenvalue weighted by atomic mass is 10.2. The summed E-state index contributed by atoms with van der Waals surface area (Å²) in [6.45, 7) is 6.65. The molecular weight excluding hydrogens is 532 g/mol. The number of sulfonamides is 1. The Kier molecular flexibility index (Phi) is 7.51. The Bertz CT molecular complexity index is 1750. The number of aromatic nitrogens is 2. The number of hydrogen-bond acceptors (Lipinski definition) is 5. The average Bonchev–Trinajstić information content (AvgIpc) is 3.36. The minimum absolute atomic E-state index is 0.257. The number of piperazine rings is 1. The molecule has 0 saturated carbocycles. The number of aryl methyl sites for hydroxylation is 1. The van der Waals surface area contributed by atoms with E-state index >= 15 is 0 Å². The molecule has 210 valence electrons. The summed E-state index contributed by atoms with van der Waals surface area (Å²) in [7, 11) is -3.53. The molecule has 2 heterocycles. The van der Waals surface area contributed by atoms with E-state index in [9.17, 15) is 8.42 Å². The molecule has 0 aliphatic carbocycles. The Morgan fingerprint density at radius 1 is 0.829 bits per heavy atom. The first-order chi connectivity index (χ1) is 19.9. The monoisotopic (exact) mass is 566 g/mol. The lowest BCUT2D eigenvalue weighted by Crippen LogP contribution is -2.48. The number of fused-ring (bicyclic) bond motifs is 1. The van der Waals surface area contributed by atoms with E-state index in [0.29, 0.717) is 37.6 Å². The molecule has 41 heavy (non-hydrogen) atoms. The van der Waals surface area contributed by atoms with Crippen LogP contribution in [0.25, 0.3) is 11.0 Å². The summed E-state index contributed by atoms with van der Waals surface area (Å²) in [5, 5.41) is 0. The maximum atomic E-state index is 13.3. The van der Waals surface area contributed by atoms with Crippen molar-refractivity contribution in [3.05, 3.63) is 120 Å². The van der Waals surface area contributed by atoms with Crippen LogP contribution in [0, 0.1) is 6.92 Å². The normalized spacial score (nSPS) is 15.2. The van der Waals surface area contributed by atoms with E-state index in [4.69, 9.17) is 9.72 Å². The maximum absolute atomic E-state index is 13.3. The molecule has 0 spiro atoms. The van der Waals surface area contributed by atoms with Gasteiger partial charge in [0.1, 0.15) is 5.75 Å². The van der Waals surface area contributed by atoms with Gasteiger partial charge in [-0.2, -0.15) is 4.31 Å². The minimum Gasteiger partial charge on any atom is -0.483 e. The summed E-state index contributed by atoms with van der Waals surface area (Å²) in [4.78, 5) is 7.65. The van der Waals surface area contributed by atoms with Crippen molar-refractivity contribution in [2.45, 2.75) is 31.4 Å². The van der Waals surface area contributed by atoms with Gasteiger partial charge in [-0.25, -0.2) is 13.4 Å². The quantitative estimate of drug-likeness (QED) is 0.229. The van der Waals surface area contributed by atoms with Gasteiger partial charge in [-0.1, -0.05) is 66.7 Å². The van der Waals surface area contributed by atoms with Crippen LogP contribution in [0.5, 0.6) is 5.75 Å². The molecule has 7 nitrogen and oxygen atoms in total. The van der Waals surface area contributed by atoms with Crippen LogP contribution in [-0.2, 0) is 16.6 Å². The molecule has 1 aromatic heterocycles. The van der Waals surface area contributed by atoms with Crippen LogP contribution < -0.4 is 9.64 Å². The Morgan fingerprint density at radius 2 is 1.49 bits per heavy atom. The number of ether oxygens (including phenoxy) is 1. The molecular formula is C33H34N4O3S. The number of hydrogen-bond donors (Lipinski definition) is 0. The fourth-order valence-electron chi connectivity index (χ4n) is 5.50. The first-order valence-electron chi connectivity index (χ1n) is 14.0. The second-order valence-electron chi connectivity index (χ2n) is 10.4. The molecule has 1 aliphatic heterocycles. The van der Waals surface area contributed by atoms with Crippen molar-refractivity contribution in [3.63, 3.8) is 0 Å². The van der Waals surface area contributed by atoms with Gasteiger partial charge in [0, 0.05) is 38.4 Å². The van der Waals surface area contributed by atoms with E-state index in [1.54, 1.807) is 16.4 Å². The average molecular weight is 567 g/mol. The highest BCUT2D eigenvalue weighted by atomic mass is 32.2. The summed E-state index contributed by atoms with van der Waals surface area (Å²) < 4.78 is 36.8. The number of rotatable bonds is 8. The summed E-state index contributed by atoms with van der Waals surface area (Å²) >= 11 is 0. The molecule has 1 atom stereocenters. The van der Waals surface area contributed by atoms with Gasteiger partial charge in [0.2, 0.25) is 10.0 Å². The predicted molar refractivity (Wildman–Crippen MR) is 163 cm³/mol. The highest BCUT2D eigenvalue weighted by Gasteiger charge is 2.30. The van der Waals surface area contributed by atoms with E-state index in [1.807, 2.05) is 74.5 Å². The third-order valence-corrected chi connectivity index (χ3v) is 9.74. The molecule has 0 bridgehead atoms. The van der Waals surface area contributed by atoms with Crippen LogP contribution >= 0.6 is 0 Å². The smallest absolute Gasteiger partial charge is 0.243 e. The standard InChI is InChI=1S/C33H34N4O3S/c1-25-11-9-10-16-32(25)41(38,39)36-21-19-35(20-22-36)28-17-18-30-31(23-28)37(24-27-12-5-3-6-13-27)33(34-30)26(2)40-29-14-7-4-8-15-29/h3-18,23,26H,19-22,24H2,1-2H3. The third kappa shape index (κ3) is 5.58. The second kappa shape index (κ2) is 11.4. The summed E-state index contributed by atoms with van der Waals surface area (Å²) in [5.74, 6) is 1.66. The first kappa shape index (κ1) is 27.1. The third-order valence-electron chi connectivity index (χ3n) is 7.68. The van der Waals surface area contributed by atoms with Crippen LogP contribution in [0.4, 0.5) is 5.69 Å². The van der Waals surface area contributed by atoms with E-state index in [1.165, 1.54) is 5.56 Å². The molecule has 1 unspecified atom stereocenters. The molecule has 1 saturated heterocycles. The van der Waals surface area contributed by atoms with Gasteiger partial charge in [0.05, 0.1) is 15.9 Å². The fourth-order valence-corrected chi connectivity index (χ4v) is 7.14. The lowest BCUT2D eigenvalue weighted by Gasteiger charge is -2.35. The Hall–Kier alpha value is -4.14. The van der Waals surface area contributed by atoms with E-state index < -0.39 is 10.0 Å². The highest BCUT2D eigenvalue weighted by molar-refractivity contribution is 7.89. The first-order valence-corrected chi connectivity index (χ1v) is 15.4. The number of anilines is 1. The summed E-state index contributed by atoms with van der Waals surface area (Å²) in [6, 6.07) is 33.7. The predicted octanol–water partition coefficient (Wildman–Crippen LogP) is 6.04. The van der Waals surface area contributed by atoms with Crippen LogP contribution in [0.3, 0.4) is 0 Å². The molecule has 4 aromatic carbocycles. The zero-order chi connectivity index (χ0) is 28.4.